The molecule has 2 aromatic carbocycles. The monoisotopic (exact) mass is 350 g/mol. The summed E-state index contributed by atoms with van der Waals surface area (Å²) in [7, 11) is 0. The highest BCUT2D eigenvalue weighted by atomic mass is 16.2. The Morgan fingerprint density at radius 1 is 1.12 bits per heavy atom. The topological polar surface area (TPSA) is 49.4 Å². The molecule has 0 spiro atoms. The lowest BCUT2D eigenvalue weighted by Gasteiger charge is -2.39. The Morgan fingerprint density at radius 3 is 2.46 bits per heavy atom. The summed E-state index contributed by atoms with van der Waals surface area (Å²) in [6.45, 7) is 7.30. The minimum absolute atomic E-state index is 0.0470. The van der Waals surface area contributed by atoms with E-state index in [9.17, 15) is 9.59 Å². The molecular formula is C22H26N2O2. The van der Waals surface area contributed by atoms with E-state index in [1.807, 2.05) is 36.1 Å². The lowest BCUT2D eigenvalue weighted by Crippen LogP contribution is -2.51. The number of hydrogen-bond donors (Lipinski definition) is 1. The highest BCUT2D eigenvalue weighted by Gasteiger charge is 2.29. The van der Waals surface area contributed by atoms with Crippen LogP contribution in [-0.4, -0.2) is 35.8 Å². The number of amides is 2. The Kier molecular flexibility index (Phi) is 5.40. The van der Waals surface area contributed by atoms with E-state index in [2.05, 4.69) is 36.5 Å². The molecule has 0 radical (unpaired) electrons. The molecule has 1 unspecified atom stereocenters. The molecule has 2 aromatic rings. The van der Waals surface area contributed by atoms with Gasteiger partial charge in [-0.15, -0.1) is 0 Å². The van der Waals surface area contributed by atoms with E-state index >= 15 is 0 Å². The predicted octanol–water partition coefficient (Wildman–Crippen LogP) is 3.65. The van der Waals surface area contributed by atoms with E-state index in [0.717, 1.165) is 30.6 Å². The third-order valence-corrected chi connectivity index (χ3v) is 4.98. The van der Waals surface area contributed by atoms with Crippen LogP contribution in [0.25, 0.3) is 11.1 Å². The van der Waals surface area contributed by atoms with Gasteiger partial charge in [-0.2, -0.15) is 0 Å². The Hall–Kier alpha value is -2.62. The number of aryl methyl sites for hydroxylation is 1. The van der Waals surface area contributed by atoms with Gasteiger partial charge in [0.15, 0.2) is 0 Å². The third kappa shape index (κ3) is 4.31. The van der Waals surface area contributed by atoms with Crippen LogP contribution in [0.4, 0.5) is 0 Å². The first-order valence-corrected chi connectivity index (χ1v) is 9.16. The van der Waals surface area contributed by atoms with E-state index < -0.39 is 0 Å². The summed E-state index contributed by atoms with van der Waals surface area (Å²) in [5.41, 5.74) is 4.04. The molecule has 2 amide bonds. The van der Waals surface area contributed by atoms with E-state index in [0.29, 0.717) is 11.5 Å². The highest BCUT2D eigenvalue weighted by molar-refractivity contribution is 5.95. The molecule has 1 saturated heterocycles. The number of rotatable bonds is 5. The van der Waals surface area contributed by atoms with Crippen molar-refractivity contribution in [1.82, 2.24) is 10.2 Å². The molecule has 0 saturated carbocycles. The second-order valence-electron chi connectivity index (χ2n) is 7.35. The molecule has 1 fully saturated rings. The molecule has 3 rings (SSSR count). The van der Waals surface area contributed by atoms with Gasteiger partial charge in [-0.1, -0.05) is 42.0 Å². The quantitative estimate of drug-likeness (QED) is 0.895. The predicted molar refractivity (Wildman–Crippen MR) is 104 cm³/mol. The lowest BCUT2D eigenvalue weighted by atomic mass is 9.92. The van der Waals surface area contributed by atoms with Gasteiger partial charge in [0.05, 0.1) is 0 Å². The number of carbonyl (C=O) groups excluding carboxylic acids is 2. The molecule has 26 heavy (non-hydrogen) atoms. The fourth-order valence-corrected chi connectivity index (χ4v) is 3.43. The molecule has 4 heteroatoms. The number of hydrogen-bond acceptors (Lipinski definition) is 2. The average Bonchev–Trinajstić information content (AvgIpc) is 2.58. The summed E-state index contributed by atoms with van der Waals surface area (Å²) in [5, 5.41) is 3.08. The number of carbonyl (C=O) groups is 2. The normalized spacial score (nSPS) is 15.3. The van der Waals surface area contributed by atoms with Gasteiger partial charge < -0.3 is 10.2 Å². The number of nitrogens with zero attached hydrogens (tertiary/aromatic N) is 1. The zero-order valence-electron chi connectivity index (χ0n) is 15.7. The molecule has 0 aromatic heterocycles. The van der Waals surface area contributed by atoms with Gasteiger partial charge >= 0.3 is 0 Å². The Bertz CT molecular complexity index is 792. The van der Waals surface area contributed by atoms with Crippen molar-refractivity contribution < 1.29 is 9.59 Å². The maximum absolute atomic E-state index is 12.6. The van der Waals surface area contributed by atoms with Crippen LogP contribution in [0.1, 0.15) is 36.2 Å². The van der Waals surface area contributed by atoms with Crippen LogP contribution in [0.3, 0.4) is 0 Å². The smallest absolute Gasteiger partial charge is 0.251 e. The molecule has 0 bridgehead atoms. The second kappa shape index (κ2) is 7.73. The van der Waals surface area contributed by atoms with Crippen LogP contribution < -0.4 is 5.32 Å². The lowest BCUT2D eigenvalue weighted by molar-refractivity contribution is -0.135. The largest absolute Gasteiger partial charge is 0.350 e. The molecule has 0 aliphatic carbocycles. The summed E-state index contributed by atoms with van der Waals surface area (Å²) in [6.07, 6.45) is 0.896. The minimum atomic E-state index is -0.0470. The number of likely N-dealkylation sites (tertiary alicyclic amines) is 1. The molecule has 1 heterocycles. The molecule has 1 aliphatic heterocycles. The van der Waals surface area contributed by atoms with Gasteiger partial charge in [0.1, 0.15) is 0 Å². The summed E-state index contributed by atoms with van der Waals surface area (Å²) in [6, 6.07) is 16.1. The van der Waals surface area contributed by atoms with Crippen molar-refractivity contribution in [2.45, 2.75) is 33.2 Å². The van der Waals surface area contributed by atoms with Crippen LogP contribution in [0.2, 0.25) is 0 Å². The van der Waals surface area contributed by atoms with Crippen LogP contribution in [0.15, 0.2) is 48.5 Å². The summed E-state index contributed by atoms with van der Waals surface area (Å²) < 4.78 is 0. The van der Waals surface area contributed by atoms with Gasteiger partial charge in [-0.05, 0) is 49.4 Å². The van der Waals surface area contributed by atoms with Crippen molar-refractivity contribution in [3.63, 3.8) is 0 Å². The number of nitrogens with one attached hydrogen (secondary N) is 1. The first-order chi connectivity index (χ1) is 12.4. The molecule has 136 valence electrons. The maximum Gasteiger partial charge on any atom is 0.251 e. The van der Waals surface area contributed by atoms with Crippen LogP contribution in [-0.2, 0) is 4.79 Å². The van der Waals surface area contributed by atoms with E-state index in [-0.39, 0.29) is 17.9 Å². The zero-order chi connectivity index (χ0) is 18.7. The Balaban J connectivity index is 1.58. The Labute approximate surface area is 155 Å². The Morgan fingerprint density at radius 2 is 1.81 bits per heavy atom. The standard InChI is InChI=1S/C22H26N2O2/c1-15-7-9-19(10-8-15)20-5-4-6-21(12-20)22(26)23-16(2)11-18-13-24(14-18)17(3)25/h4-10,12,16,18H,11,13-14H2,1-3H3,(H,23,26). The van der Waals surface area contributed by atoms with Crippen molar-refractivity contribution >= 4 is 11.8 Å². The number of benzene rings is 2. The molecule has 4 nitrogen and oxygen atoms in total. The van der Waals surface area contributed by atoms with Gasteiger partial charge in [0.2, 0.25) is 5.91 Å². The fourth-order valence-electron chi connectivity index (χ4n) is 3.43. The van der Waals surface area contributed by atoms with Gasteiger partial charge in [0.25, 0.3) is 5.91 Å². The van der Waals surface area contributed by atoms with Crippen molar-refractivity contribution in [2.24, 2.45) is 5.92 Å². The second-order valence-corrected chi connectivity index (χ2v) is 7.35. The van der Waals surface area contributed by atoms with Crippen LogP contribution >= 0.6 is 0 Å². The van der Waals surface area contributed by atoms with E-state index in [1.165, 1.54) is 5.56 Å². The first-order valence-electron chi connectivity index (χ1n) is 9.16. The maximum atomic E-state index is 12.6. The van der Waals surface area contributed by atoms with E-state index in [1.54, 1.807) is 6.92 Å². The van der Waals surface area contributed by atoms with Crippen molar-refractivity contribution in [3.8, 4) is 11.1 Å². The van der Waals surface area contributed by atoms with Gasteiger partial charge in [0, 0.05) is 31.6 Å². The zero-order valence-corrected chi connectivity index (χ0v) is 15.7. The molecular weight excluding hydrogens is 324 g/mol. The van der Waals surface area contributed by atoms with Crippen LogP contribution in [0.5, 0.6) is 0 Å². The summed E-state index contributed by atoms with van der Waals surface area (Å²) in [4.78, 5) is 25.7. The summed E-state index contributed by atoms with van der Waals surface area (Å²) in [5.74, 6) is 0.563. The molecule has 1 aliphatic rings. The SMILES string of the molecule is CC(=O)N1CC(CC(C)NC(=O)c2cccc(-c3ccc(C)cc3)c2)C1. The minimum Gasteiger partial charge on any atom is -0.350 e. The molecule has 1 atom stereocenters. The van der Waals surface area contributed by atoms with Gasteiger partial charge in [-0.3, -0.25) is 9.59 Å². The summed E-state index contributed by atoms with van der Waals surface area (Å²) >= 11 is 0. The third-order valence-electron chi connectivity index (χ3n) is 4.98. The fraction of sp³-hybridized carbons (Fsp3) is 0.364. The van der Waals surface area contributed by atoms with Crippen molar-refractivity contribution in [1.29, 1.82) is 0 Å². The van der Waals surface area contributed by atoms with Crippen molar-refractivity contribution in [3.05, 3.63) is 59.7 Å². The van der Waals surface area contributed by atoms with Gasteiger partial charge in [-0.25, -0.2) is 0 Å². The van der Waals surface area contributed by atoms with Crippen LogP contribution in [0, 0.1) is 12.8 Å². The van der Waals surface area contributed by atoms with Crippen molar-refractivity contribution in [2.75, 3.05) is 13.1 Å². The highest BCUT2D eigenvalue weighted by Crippen LogP contribution is 2.22. The first kappa shape index (κ1) is 18.2. The average molecular weight is 350 g/mol. The van der Waals surface area contributed by atoms with E-state index in [4.69, 9.17) is 0 Å². The molecule has 1 N–H and O–H groups in total.